The second kappa shape index (κ2) is 6.36. The van der Waals surface area contributed by atoms with Gasteiger partial charge < -0.3 is 9.47 Å². The number of carbonyl (C=O) groups is 1. The van der Waals surface area contributed by atoms with Crippen molar-refractivity contribution in [2.75, 3.05) is 7.11 Å². The van der Waals surface area contributed by atoms with Gasteiger partial charge in [0.1, 0.15) is 11.5 Å². The molecule has 2 rings (SSSR count). The Morgan fingerprint density at radius 1 is 1.19 bits per heavy atom. The highest BCUT2D eigenvalue weighted by Crippen LogP contribution is 2.32. The Morgan fingerprint density at radius 3 is 2.38 bits per heavy atom. The third-order valence-electron chi connectivity index (χ3n) is 2.63. The fourth-order valence-corrected chi connectivity index (χ4v) is 2.04. The van der Waals surface area contributed by atoms with Crippen LogP contribution in [0, 0.1) is 10.1 Å². The van der Waals surface area contributed by atoms with Crippen LogP contribution in [-0.2, 0) is 4.74 Å². The molecule has 2 aromatic carbocycles. The minimum atomic E-state index is -0.486. The standard InChI is InChI=1S/C14H10BrNO5/c1-20-14(17)9-2-5-11(6-3-9)21-13-7-4-10(16(18)19)8-12(13)15/h2-8H,1H3. The zero-order valence-corrected chi connectivity index (χ0v) is 12.5. The summed E-state index contributed by atoms with van der Waals surface area (Å²) in [5.74, 6) is 0.502. The van der Waals surface area contributed by atoms with Crippen molar-refractivity contribution in [2.24, 2.45) is 0 Å². The van der Waals surface area contributed by atoms with Crippen molar-refractivity contribution >= 4 is 27.6 Å². The summed E-state index contributed by atoms with van der Waals surface area (Å²) < 4.78 is 10.7. The first kappa shape index (κ1) is 15.0. The normalized spacial score (nSPS) is 10.0. The summed E-state index contributed by atoms with van der Waals surface area (Å²) in [6.45, 7) is 0. The molecule has 0 aliphatic carbocycles. The molecule has 108 valence electrons. The number of carbonyl (C=O) groups excluding carboxylic acids is 1. The molecule has 7 heteroatoms. The Morgan fingerprint density at radius 2 is 1.86 bits per heavy atom. The Kier molecular flexibility index (Phi) is 4.54. The molecule has 0 saturated heterocycles. The number of hydrogen-bond acceptors (Lipinski definition) is 5. The monoisotopic (exact) mass is 351 g/mol. The quantitative estimate of drug-likeness (QED) is 0.473. The maximum atomic E-state index is 11.3. The van der Waals surface area contributed by atoms with Crippen LogP contribution in [0.1, 0.15) is 10.4 Å². The fraction of sp³-hybridized carbons (Fsp3) is 0.0714. The zero-order chi connectivity index (χ0) is 15.4. The average molecular weight is 352 g/mol. The molecular weight excluding hydrogens is 342 g/mol. The van der Waals surface area contributed by atoms with Crippen molar-refractivity contribution in [3.05, 3.63) is 62.6 Å². The molecule has 0 fully saturated rings. The lowest BCUT2D eigenvalue weighted by Crippen LogP contribution is -2.00. The van der Waals surface area contributed by atoms with Gasteiger partial charge in [-0.3, -0.25) is 10.1 Å². The molecule has 0 radical (unpaired) electrons. The Bertz CT molecular complexity index is 684. The number of esters is 1. The lowest BCUT2D eigenvalue weighted by atomic mass is 10.2. The van der Waals surface area contributed by atoms with Gasteiger partial charge in [0.05, 0.1) is 22.1 Å². The number of nitro groups is 1. The molecule has 6 nitrogen and oxygen atoms in total. The summed E-state index contributed by atoms with van der Waals surface area (Å²) in [5, 5.41) is 10.7. The molecule has 21 heavy (non-hydrogen) atoms. The molecule has 0 aliphatic heterocycles. The number of hydrogen-bond donors (Lipinski definition) is 0. The van der Waals surface area contributed by atoms with Crippen LogP contribution >= 0.6 is 15.9 Å². The van der Waals surface area contributed by atoms with E-state index in [1.165, 1.54) is 25.3 Å². The van der Waals surface area contributed by atoms with Crippen LogP contribution < -0.4 is 4.74 Å². The van der Waals surface area contributed by atoms with Gasteiger partial charge in [-0.1, -0.05) is 0 Å². The van der Waals surface area contributed by atoms with Crippen LogP contribution in [0.15, 0.2) is 46.9 Å². The largest absolute Gasteiger partial charge is 0.465 e. The maximum absolute atomic E-state index is 11.3. The number of nitro benzene ring substituents is 1. The third kappa shape index (κ3) is 3.57. The van der Waals surface area contributed by atoms with Crippen molar-refractivity contribution < 1.29 is 19.2 Å². The first-order valence-electron chi connectivity index (χ1n) is 5.81. The van der Waals surface area contributed by atoms with E-state index in [-0.39, 0.29) is 5.69 Å². The summed E-state index contributed by atoms with van der Waals surface area (Å²) in [6, 6.07) is 10.6. The molecule has 0 amide bonds. The van der Waals surface area contributed by atoms with E-state index in [2.05, 4.69) is 20.7 Å². The van der Waals surface area contributed by atoms with Gasteiger partial charge in [-0.05, 0) is 46.3 Å². The SMILES string of the molecule is COC(=O)c1ccc(Oc2ccc([N+](=O)[O-])cc2Br)cc1. The summed E-state index contributed by atoms with van der Waals surface area (Å²) in [4.78, 5) is 21.5. The van der Waals surface area contributed by atoms with Crippen LogP contribution in [-0.4, -0.2) is 18.0 Å². The number of benzene rings is 2. The van der Waals surface area contributed by atoms with E-state index in [0.717, 1.165) is 0 Å². The molecule has 0 N–H and O–H groups in total. The fourth-order valence-electron chi connectivity index (χ4n) is 1.59. The highest BCUT2D eigenvalue weighted by Gasteiger charge is 2.11. The van der Waals surface area contributed by atoms with Crippen LogP contribution in [0.25, 0.3) is 0 Å². The summed E-state index contributed by atoms with van der Waals surface area (Å²) >= 11 is 3.22. The lowest BCUT2D eigenvalue weighted by Gasteiger charge is -2.08. The molecule has 0 spiro atoms. The van der Waals surface area contributed by atoms with Gasteiger partial charge >= 0.3 is 5.97 Å². The second-order valence-corrected chi connectivity index (χ2v) is 4.84. The highest BCUT2D eigenvalue weighted by molar-refractivity contribution is 9.10. The number of nitrogens with zero attached hydrogens (tertiary/aromatic N) is 1. The Balaban J connectivity index is 2.18. The van der Waals surface area contributed by atoms with Gasteiger partial charge in [0, 0.05) is 12.1 Å². The van der Waals surface area contributed by atoms with Gasteiger partial charge in [0.2, 0.25) is 0 Å². The number of non-ortho nitro benzene ring substituents is 1. The van der Waals surface area contributed by atoms with Crippen LogP contribution in [0.5, 0.6) is 11.5 Å². The van der Waals surface area contributed by atoms with Crippen molar-refractivity contribution in [1.29, 1.82) is 0 Å². The predicted molar refractivity (Wildman–Crippen MR) is 78.7 cm³/mol. The number of ether oxygens (including phenoxy) is 2. The smallest absolute Gasteiger partial charge is 0.337 e. The van der Waals surface area contributed by atoms with E-state index in [4.69, 9.17) is 4.74 Å². The van der Waals surface area contributed by atoms with E-state index in [1.807, 2.05) is 0 Å². The molecule has 0 aliphatic rings. The molecule has 0 saturated carbocycles. The van der Waals surface area contributed by atoms with E-state index >= 15 is 0 Å². The second-order valence-electron chi connectivity index (χ2n) is 3.99. The summed E-state index contributed by atoms with van der Waals surface area (Å²) in [7, 11) is 1.31. The molecule has 0 heterocycles. The van der Waals surface area contributed by atoms with Gasteiger partial charge in [-0.15, -0.1) is 0 Å². The third-order valence-corrected chi connectivity index (χ3v) is 3.25. The van der Waals surface area contributed by atoms with Crippen molar-refractivity contribution in [3.8, 4) is 11.5 Å². The van der Waals surface area contributed by atoms with Crippen molar-refractivity contribution in [3.63, 3.8) is 0 Å². The first-order valence-corrected chi connectivity index (χ1v) is 6.60. The molecule has 0 atom stereocenters. The summed E-state index contributed by atoms with van der Waals surface area (Å²) in [6.07, 6.45) is 0. The maximum Gasteiger partial charge on any atom is 0.337 e. The number of halogens is 1. The number of rotatable bonds is 4. The molecule has 2 aromatic rings. The Hall–Kier alpha value is -2.41. The Labute approximate surface area is 128 Å². The van der Waals surface area contributed by atoms with Crippen molar-refractivity contribution in [1.82, 2.24) is 0 Å². The topological polar surface area (TPSA) is 78.7 Å². The lowest BCUT2D eigenvalue weighted by molar-refractivity contribution is -0.384. The molecule has 0 unspecified atom stereocenters. The molecular formula is C14H10BrNO5. The minimum absolute atomic E-state index is 0.0322. The van der Waals surface area contributed by atoms with Crippen LogP contribution in [0.4, 0.5) is 5.69 Å². The van der Waals surface area contributed by atoms with E-state index in [9.17, 15) is 14.9 Å². The minimum Gasteiger partial charge on any atom is -0.465 e. The van der Waals surface area contributed by atoms with Gasteiger partial charge in [-0.25, -0.2) is 4.79 Å². The predicted octanol–water partition coefficient (Wildman–Crippen LogP) is 3.94. The van der Waals surface area contributed by atoms with E-state index in [0.29, 0.717) is 21.5 Å². The van der Waals surface area contributed by atoms with E-state index < -0.39 is 10.9 Å². The molecule has 0 aromatic heterocycles. The van der Waals surface area contributed by atoms with Crippen molar-refractivity contribution in [2.45, 2.75) is 0 Å². The van der Waals surface area contributed by atoms with Gasteiger partial charge in [0.15, 0.2) is 0 Å². The van der Waals surface area contributed by atoms with Crippen LogP contribution in [0.3, 0.4) is 0 Å². The van der Waals surface area contributed by atoms with E-state index in [1.54, 1.807) is 24.3 Å². The zero-order valence-electron chi connectivity index (χ0n) is 10.9. The first-order chi connectivity index (χ1) is 10.0. The van der Waals surface area contributed by atoms with Crippen LogP contribution in [0.2, 0.25) is 0 Å². The van der Waals surface area contributed by atoms with Gasteiger partial charge in [0.25, 0.3) is 5.69 Å². The number of methoxy groups -OCH3 is 1. The summed E-state index contributed by atoms with van der Waals surface area (Å²) in [5.41, 5.74) is 0.378. The highest BCUT2D eigenvalue weighted by atomic mass is 79.9. The van der Waals surface area contributed by atoms with Gasteiger partial charge in [-0.2, -0.15) is 0 Å². The molecule has 0 bridgehead atoms. The average Bonchev–Trinajstić information content (AvgIpc) is 2.49.